The van der Waals surface area contributed by atoms with Crippen molar-refractivity contribution in [1.82, 2.24) is 0 Å². The Morgan fingerprint density at radius 1 is 0.800 bits per heavy atom. The van der Waals surface area contributed by atoms with E-state index in [1.54, 1.807) is 24.3 Å². The minimum Gasteiger partial charge on any atom is -0.507 e. The van der Waals surface area contributed by atoms with E-state index in [0.29, 0.717) is 11.5 Å². The Kier molecular flexibility index (Phi) is 4.22. The molecule has 0 unspecified atom stereocenters. The molecule has 126 valence electrons. The molecule has 3 aromatic rings. The van der Waals surface area contributed by atoms with Crippen molar-refractivity contribution in [3.63, 3.8) is 0 Å². The van der Waals surface area contributed by atoms with Crippen LogP contribution in [0.3, 0.4) is 0 Å². The quantitative estimate of drug-likeness (QED) is 0.588. The summed E-state index contributed by atoms with van der Waals surface area (Å²) < 4.78 is 26.3. The van der Waals surface area contributed by atoms with Crippen LogP contribution in [0.25, 0.3) is 11.1 Å². The van der Waals surface area contributed by atoms with Gasteiger partial charge in [-0.1, -0.05) is 23.9 Å². The van der Waals surface area contributed by atoms with E-state index in [9.17, 15) is 13.9 Å². The fourth-order valence-electron chi connectivity index (χ4n) is 2.88. The Morgan fingerprint density at radius 3 is 2.00 bits per heavy atom. The van der Waals surface area contributed by atoms with Crippen LogP contribution in [0.5, 0.6) is 5.75 Å². The second-order valence-corrected chi connectivity index (χ2v) is 7.39. The molecule has 1 N–H and O–H groups in total. The molecule has 0 saturated heterocycles. The monoisotopic (exact) mass is 354 g/mol. The number of halogens is 2. The number of rotatable bonds is 4. The van der Waals surface area contributed by atoms with Crippen LogP contribution in [0.4, 0.5) is 8.78 Å². The topological polar surface area (TPSA) is 20.2 Å². The summed E-state index contributed by atoms with van der Waals surface area (Å²) in [5.41, 5.74) is 2.42. The maximum atomic E-state index is 13.2. The zero-order valence-electron chi connectivity index (χ0n) is 13.4. The van der Waals surface area contributed by atoms with Gasteiger partial charge in [-0.2, -0.15) is 0 Å². The lowest BCUT2D eigenvalue weighted by Crippen LogP contribution is -1.89. The second kappa shape index (κ2) is 6.52. The highest BCUT2D eigenvalue weighted by Gasteiger charge is 2.28. The van der Waals surface area contributed by atoms with Gasteiger partial charge in [0.25, 0.3) is 0 Å². The largest absolute Gasteiger partial charge is 0.507 e. The minimum absolute atomic E-state index is 0.263. The molecule has 0 bridgehead atoms. The van der Waals surface area contributed by atoms with E-state index in [0.717, 1.165) is 33.8 Å². The van der Waals surface area contributed by atoms with Crippen molar-refractivity contribution in [2.45, 2.75) is 28.6 Å². The van der Waals surface area contributed by atoms with Crippen molar-refractivity contribution in [1.29, 1.82) is 0 Å². The third-order valence-electron chi connectivity index (χ3n) is 4.33. The van der Waals surface area contributed by atoms with Crippen molar-refractivity contribution in [2.24, 2.45) is 0 Å². The van der Waals surface area contributed by atoms with Gasteiger partial charge in [-0.3, -0.25) is 0 Å². The molecular weight excluding hydrogens is 338 g/mol. The summed E-state index contributed by atoms with van der Waals surface area (Å²) in [6.07, 6.45) is 2.14. The average molecular weight is 354 g/mol. The number of phenols is 1. The lowest BCUT2D eigenvalue weighted by Gasteiger charge is -2.13. The Balaban J connectivity index is 1.76. The summed E-state index contributed by atoms with van der Waals surface area (Å²) in [7, 11) is 0. The third-order valence-corrected chi connectivity index (χ3v) is 5.31. The fourth-order valence-corrected chi connectivity index (χ4v) is 3.79. The molecule has 3 aromatic carbocycles. The molecule has 1 fully saturated rings. The molecule has 0 amide bonds. The number of phenolic OH excluding ortho intramolecular Hbond substituents is 1. The van der Waals surface area contributed by atoms with E-state index in [-0.39, 0.29) is 17.4 Å². The van der Waals surface area contributed by atoms with Gasteiger partial charge in [0.15, 0.2) is 0 Å². The van der Waals surface area contributed by atoms with Gasteiger partial charge < -0.3 is 5.11 Å². The molecule has 1 aliphatic rings. The number of hydrogen-bond acceptors (Lipinski definition) is 2. The first-order valence-corrected chi connectivity index (χ1v) is 8.98. The van der Waals surface area contributed by atoms with E-state index in [4.69, 9.17) is 0 Å². The van der Waals surface area contributed by atoms with Gasteiger partial charge in [0.1, 0.15) is 17.4 Å². The number of hydrogen-bond donors (Lipinski definition) is 1. The number of benzene rings is 3. The molecule has 1 aliphatic carbocycles. The van der Waals surface area contributed by atoms with Gasteiger partial charge in [-0.15, -0.1) is 0 Å². The Morgan fingerprint density at radius 2 is 1.40 bits per heavy atom. The summed E-state index contributed by atoms with van der Waals surface area (Å²) in [6, 6.07) is 16.4. The third kappa shape index (κ3) is 3.54. The van der Waals surface area contributed by atoms with Crippen LogP contribution in [0, 0.1) is 11.6 Å². The molecule has 0 heterocycles. The van der Waals surface area contributed by atoms with Crippen LogP contribution in [-0.4, -0.2) is 5.11 Å². The molecule has 1 nitrogen and oxygen atoms in total. The molecule has 4 heteroatoms. The predicted octanol–water partition coefficient (Wildman–Crippen LogP) is 6.37. The lowest BCUT2D eigenvalue weighted by atomic mass is 9.99. The highest BCUT2D eigenvalue weighted by atomic mass is 32.2. The molecule has 0 aromatic heterocycles. The first-order valence-electron chi connectivity index (χ1n) is 8.16. The van der Waals surface area contributed by atoms with Crippen LogP contribution >= 0.6 is 11.8 Å². The molecule has 0 atom stereocenters. The molecule has 4 rings (SSSR count). The summed E-state index contributed by atoms with van der Waals surface area (Å²) in [4.78, 5) is 1.91. The van der Waals surface area contributed by atoms with Gasteiger partial charge in [-0.25, -0.2) is 8.78 Å². The van der Waals surface area contributed by atoms with Gasteiger partial charge in [0.2, 0.25) is 0 Å². The SMILES string of the molecule is Oc1c(-c2ccc(F)cc2)cc(Sc2ccc(F)cc2)cc1C1CC1. The van der Waals surface area contributed by atoms with E-state index in [1.165, 1.54) is 36.0 Å². The summed E-state index contributed by atoms with van der Waals surface area (Å²) >= 11 is 1.52. The van der Waals surface area contributed by atoms with Crippen molar-refractivity contribution in [3.8, 4) is 16.9 Å². The molecule has 0 radical (unpaired) electrons. The Hall–Kier alpha value is -2.33. The molecule has 0 aliphatic heterocycles. The predicted molar refractivity (Wildman–Crippen MR) is 96.0 cm³/mol. The minimum atomic E-state index is -0.303. The Labute approximate surface area is 149 Å². The zero-order valence-corrected chi connectivity index (χ0v) is 14.2. The van der Waals surface area contributed by atoms with E-state index >= 15 is 0 Å². The lowest BCUT2D eigenvalue weighted by molar-refractivity contribution is 0.470. The summed E-state index contributed by atoms with van der Waals surface area (Å²) in [5.74, 6) is 0.0914. The van der Waals surface area contributed by atoms with Gasteiger partial charge in [0, 0.05) is 15.4 Å². The standard InChI is InChI=1S/C21H16F2OS/c22-15-5-3-14(4-6-15)20-12-18(11-19(21(20)24)13-1-2-13)25-17-9-7-16(23)8-10-17/h3-13,24H,1-2H2. The number of aromatic hydroxyl groups is 1. The van der Waals surface area contributed by atoms with Gasteiger partial charge in [-0.05, 0) is 78.4 Å². The van der Waals surface area contributed by atoms with Crippen molar-refractivity contribution in [3.05, 3.63) is 77.9 Å². The van der Waals surface area contributed by atoms with Crippen molar-refractivity contribution >= 4 is 11.8 Å². The molecular formula is C21H16F2OS. The smallest absolute Gasteiger partial charge is 0.126 e. The van der Waals surface area contributed by atoms with E-state index in [2.05, 4.69) is 0 Å². The molecule has 1 saturated carbocycles. The van der Waals surface area contributed by atoms with Crippen molar-refractivity contribution < 1.29 is 13.9 Å². The maximum absolute atomic E-state index is 13.2. The van der Waals surface area contributed by atoms with Crippen LogP contribution < -0.4 is 0 Å². The summed E-state index contributed by atoms with van der Waals surface area (Å²) in [6.45, 7) is 0. The molecule has 25 heavy (non-hydrogen) atoms. The molecule has 0 spiro atoms. The van der Waals surface area contributed by atoms with Gasteiger partial charge >= 0.3 is 0 Å². The van der Waals surface area contributed by atoms with Crippen LogP contribution in [0.15, 0.2) is 70.5 Å². The first-order chi connectivity index (χ1) is 12.1. The van der Waals surface area contributed by atoms with Crippen LogP contribution in [-0.2, 0) is 0 Å². The van der Waals surface area contributed by atoms with E-state index in [1.807, 2.05) is 12.1 Å². The zero-order chi connectivity index (χ0) is 17.4. The highest BCUT2D eigenvalue weighted by Crippen LogP contribution is 2.49. The second-order valence-electron chi connectivity index (χ2n) is 6.25. The Bertz CT molecular complexity index is 900. The normalized spacial score (nSPS) is 13.8. The van der Waals surface area contributed by atoms with Crippen LogP contribution in [0.2, 0.25) is 0 Å². The average Bonchev–Trinajstić information content (AvgIpc) is 3.44. The first kappa shape index (κ1) is 16.2. The highest BCUT2D eigenvalue weighted by molar-refractivity contribution is 7.99. The van der Waals surface area contributed by atoms with E-state index < -0.39 is 0 Å². The van der Waals surface area contributed by atoms with Gasteiger partial charge in [0.05, 0.1) is 0 Å². The fraction of sp³-hybridized carbons (Fsp3) is 0.143. The van der Waals surface area contributed by atoms with Crippen molar-refractivity contribution in [2.75, 3.05) is 0 Å². The maximum Gasteiger partial charge on any atom is 0.126 e. The summed E-state index contributed by atoms with van der Waals surface area (Å²) in [5, 5.41) is 10.7. The van der Waals surface area contributed by atoms with Crippen LogP contribution in [0.1, 0.15) is 24.3 Å².